The van der Waals surface area contributed by atoms with E-state index >= 15 is 0 Å². The van der Waals surface area contributed by atoms with Gasteiger partial charge in [-0.1, -0.05) is 11.6 Å². The minimum absolute atomic E-state index is 0.0521. The quantitative estimate of drug-likeness (QED) is 0.902. The SMILES string of the molecule is O=C(O)C1COCCN1C(=O)COc1ccc(F)c(Cl)c1. The van der Waals surface area contributed by atoms with Gasteiger partial charge in [-0.2, -0.15) is 0 Å². The van der Waals surface area contributed by atoms with Gasteiger partial charge in [0.15, 0.2) is 12.6 Å². The number of hydrogen-bond acceptors (Lipinski definition) is 4. The number of morpholine rings is 1. The number of carboxylic acids is 1. The van der Waals surface area contributed by atoms with Crippen LogP contribution in [0.15, 0.2) is 18.2 Å². The fourth-order valence-electron chi connectivity index (χ4n) is 1.90. The van der Waals surface area contributed by atoms with Crippen molar-refractivity contribution in [2.75, 3.05) is 26.4 Å². The van der Waals surface area contributed by atoms with Crippen molar-refractivity contribution < 1.29 is 28.6 Å². The van der Waals surface area contributed by atoms with E-state index in [9.17, 15) is 14.0 Å². The number of rotatable bonds is 4. The molecule has 0 saturated carbocycles. The van der Waals surface area contributed by atoms with Crippen LogP contribution in [0.25, 0.3) is 0 Å². The Balaban J connectivity index is 1.96. The van der Waals surface area contributed by atoms with Crippen molar-refractivity contribution in [1.82, 2.24) is 4.90 Å². The highest BCUT2D eigenvalue weighted by atomic mass is 35.5. The lowest BCUT2D eigenvalue weighted by Gasteiger charge is -2.32. The highest BCUT2D eigenvalue weighted by Crippen LogP contribution is 2.21. The summed E-state index contributed by atoms with van der Waals surface area (Å²) < 4.78 is 23.2. The topological polar surface area (TPSA) is 76.1 Å². The van der Waals surface area contributed by atoms with Gasteiger partial charge in [-0.3, -0.25) is 4.79 Å². The van der Waals surface area contributed by atoms with Crippen LogP contribution in [0.3, 0.4) is 0 Å². The molecule has 0 aromatic heterocycles. The van der Waals surface area contributed by atoms with E-state index in [-0.39, 0.29) is 37.1 Å². The predicted molar refractivity (Wildman–Crippen MR) is 70.9 cm³/mol. The zero-order valence-corrected chi connectivity index (χ0v) is 11.7. The van der Waals surface area contributed by atoms with Gasteiger partial charge in [0, 0.05) is 12.6 Å². The molecule has 1 aliphatic heterocycles. The molecule has 0 radical (unpaired) electrons. The molecule has 1 N–H and O–H groups in total. The van der Waals surface area contributed by atoms with Crippen LogP contribution in [0.1, 0.15) is 0 Å². The second-order valence-corrected chi connectivity index (χ2v) is 4.79. The summed E-state index contributed by atoms with van der Waals surface area (Å²) in [5.74, 6) is -1.97. The number of ether oxygens (including phenoxy) is 2. The van der Waals surface area contributed by atoms with Gasteiger partial charge < -0.3 is 19.5 Å². The van der Waals surface area contributed by atoms with E-state index < -0.39 is 23.7 Å². The standard InChI is InChI=1S/C13H13ClFNO5/c14-9-5-8(1-2-10(9)15)21-7-12(17)16-3-4-20-6-11(16)13(18)19/h1-2,5,11H,3-4,6-7H2,(H,18,19). The van der Waals surface area contributed by atoms with E-state index in [0.29, 0.717) is 0 Å². The molecule has 1 aliphatic rings. The van der Waals surface area contributed by atoms with Gasteiger partial charge in [0.1, 0.15) is 11.6 Å². The van der Waals surface area contributed by atoms with Crippen LogP contribution in [0.2, 0.25) is 5.02 Å². The van der Waals surface area contributed by atoms with Gasteiger partial charge in [0.25, 0.3) is 5.91 Å². The number of nitrogens with zero attached hydrogens (tertiary/aromatic N) is 1. The summed E-state index contributed by atoms with van der Waals surface area (Å²) in [7, 11) is 0. The average Bonchev–Trinajstić information content (AvgIpc) is 2.48. The Morgan fingerprint density at radius 3 is 2.95 bits per heavy atom. The van der Waals surface area contributed by atoms with Gasteiger partial charge >= 0.3 is 5.97 Å². The molecule has 0 bridgehead atoms. The van der Waals surface area contributed by atoms with Crippen molar-refractivity contribution >= 4 is 23.5 Å². The molecule has 0 spiro atoms. The van der Waals surface area contributed by atoms with E-state index in [0.717, 1.165) is 6.07 Å². The third kappa shape index (κ3) is 3.83. The monoisotopic (exact) mass is 317 g/mol. The fourth-order valence-corrected chi connectivity index (χ4v) is 2.07. The van der Waals surface area contributed by atoms with Crippen molar-refractivity contribution in [3.63, 3.8) is 0 Å². The molecule has 1 aromatic rings. The fraction of sp³-hybridized carbons (Fsp3) is 0.385. The molecular formula is C13H13ClFNO5. The number of carboxylic acid groups (broad SMARTS) is 1. The smallest absolute Gasteiger partial charge is 0.328 e. The molecule has 1 amide bonds. The number of carbonyl (C=O) groups is 2. The number of hydrogen-bond donors (Lipinski definition) is 1. The summed E-state index contributed by atoms with van der Waals surface area (Å²) in [6.07, 6.45) is 0. The molecule has 1 saturated heterocycles. The molecule has 6 nitrogen and oxygen atoms in total. The summed E-state index contributed by atoms with van der Waals surface area (Å²) in [6.45, 7) is 0.0520. The highest BCUT2D eigenvalue weighted by Gasteiger charge is 2.32. The van der Waals surface area contributed by atoms with E-state index in [1.54, 1.807) is 0 Å². The Labute approximate surface area is 125 Å². The maximum Gasteiger partial charge on any atom is 0.328 e. The molecule has 1 atom stereocenters. The van der Waals surface area contributed by atoms with Gasteiger partial charge in [-0.25, -0.2) is 9.18 Å². The minimum atomic E-state index is -1.13. The summed E-state index contributed by atoms with van der Waals surface area (Å²) in [4.78, 5) is 24.3. The molecule has 8 heteroatoms. The maximum atomic E-state index is 13.0. The van der Waals surface area contributed by atoms with E-state index in [1.807, 2.05) is 0 Å². The zero-order valence-electron chi connectivity index (χ0n) is 10.9. The first kappa shape index (κ1) is 15.5. The average molecular weight is 318 g/mol. The van der Waals surface area contributed by atoms with Crippen LogP contribution < -0.4 is 4.74 Å². The van der Waals surface area contributed by atoms with Crippen LogP contribution in [0, 0.1) is 5.82 Å². The Morgan fingerprint density at radius 1 is 1.52 bits per heavy atom. The van der Waals surface area contributed by atoms with E-state index in [2.05, 4.69) is 0 Å². The third-order valence-electron chi connectivity index (χ3n) is 2.99. The first-order chi connectivity index (χ1) is 9.99. The van der Waals surface area contributed by atoms with Crippen LogP contribution in [-0.2, 0) is 14.3 Å². The van der Waals surface area contributed by atoms with E-state index in [4.69, 9.17) is 26.2 Å². The van der Waals surface area contributed by atoms with Gasteiger partial charge in [0.05, 0.1) is 18.2 Å². The van der Waals surface area contributed by atoms with Crippen LogP contribution in [0.4, 0.5) is 4.39 Å². The molecule has 21 heavy (non-hydrogen) atoms. The van der Waals surface area contributed by atoms with Crippen LogP contribution in [-0.4, -0.2) is 54.3 Å². The summed E-state index contributed by atoms with van der Waals surface area (Å²) >= 11 is 5.60. The number of carbonyl (C=O) groups excluding carboxylic acids is 1. The zero-order chi connectivity index (χ0) is 15.4. The number of benzene rings is 1. The third-order valence-corrected chi connectivity index (χ3v) is 3.28. The molecule has 0 aliphatic carbocycles. The molecule has 1 heterocycles. The Kier molecular flexibility index (Phi) is 4.98. The second kappa shape index (κ2) is 6.73. The van der Waals surface area contributed by atoms with Gasteiger partial charge in [0.2, 0.25) is 0 Å². The lowest BCUT2D eigenvalue weighted by atomic mass is 10.2. The van der Waals surface area contributed by atoms with E-state index in [1.165, 1.54) is 17.0 Å². The highest BCUT2D eigenvalue weighted by molar-refractivity contribution is 6.30. The maximum absolute atomic E-state index is 13.0. The Morgan fingerprint density at radius 2 is 2.29 bits per heavy atom. The Bertz CT molecular complexity index is 553. The second-order valence-electron chi connectivity index (χ2n) is 4.38. The van der Waals surface area contributed by atoms with Crippen molar-refractivity contribution in [3.8, 4) is 5.75 Å². The lowest BCUT2D eigenvalue weighted by molar-refractivity contribution is -0.159. The van der Waals surface area contributed by atoms with Gasteiger partial charge in [-0.05, 0) is 12.1 Å². The largest absolute Gasteiger partial charge is 0.484 e. The van der Waals surface area contributed by atoms with Crippen molar-refractivity contribution in [2.45, 2.75) is 6.04 Å². The molecule has 2 rings (SSSR count). The first-order valence-corrected chi connectivity index (χ1v) is 6.54. The Hall–Kier alpha value is -1.86. The first-order valence-electron chi connectivity index (χ1n) is 6.17. The summed E-state index contributed by atoms with van der Waals surface area (Å²) in [5, 5.41) is 8.92. The van der Waals surface area contributed by atoms with Crippen LogP contribution in [0.5, 0.6) is 5.75 Å². The number of amides is 1. The van der Waals surface area contributed by atoms with Crippen molar-refractivity contribution in [1.29, 1.82) is 0 Å². The summed E-state index contributed by atoms with van der Waals surface area (Å²) in [6, 6.07) is 2.68. The normalized spacial score (nSPS) is 18.4. The summed E-state index contributed by atoms with van der Waals surface area (Å²) in [5.41, 5.74) is 0. The molecule has 114 valence electrons. The molecule has 1 fully saturated rings. The molecule has 1 aromatic carbocycles. The lowest BCUT2D eigenvalue weighted by Crippen LogP contribution is -2.53. The number of aliphatic carboxylic acids is 1. The van der Waals surface area contributed by atoms with Crippen molar-refractivity contribution in [3.05, 3.63) is 29.0 Å². The van der Waals surface area contributed by atoms with Crippen molar-refractivity contribution in [2.24, 2.45) is 0 Å². The molecular weight excluding hydrogens is 305 g/mol. The predicted octanol–water partition coefficient (Wildman–Crippen LogP) is 1.17. The number of halogens is 2. The van der Waals surface area contributed by atoms with Crippen LogP contribution >= 0.6 is 11.6 Å². The van der Waals surface area contributed by atoms with Gasteiger partial charge in [-0.15, -0.1) is 0 Å². The minimum Gasteiger partial charge on any atom is -0.484 e. The molecule has 1 unspecified atom stereocenters.